The van der Waals surface area contributed by atoms with Crippen LogP contribution in [0.15, 0.2) is 35.2 Å². The minimum absolute atomic E-state index is 0.249. The predicted molar refractivity (Wildman–Crippen MR) is 146 cm³/mol. The maximum atomic E-state index is 14.1. The molecule has 0 amide bonds. The molecule has 0 aromatic heterocycles. The van der Waals surface area contributed by atoms with E-state index in [1.807, 2.05) is 52.8 Å². The van der Waals surface area contributed by atoms with E-state index in [1.165, 1.54) is 0 Å². The van der Waals surface area contributed by atoms with Gasteiger partial charge in [-0.25, -0.2) is 8.42 Å². The molecule has 0 saturated carbocycles. The molecule has 192 valence electrons. The minimum Gasteiger partial charge on any atom is -0.507 e. The molecule has 1 N–H and O–H groups in total. The molecule has 1 atom stereocenters. The number of nitrogens with zero attached hydrogens (tertiary/aromatic N) is 2. The van der Waals surface area contributed by atoms with Crippen molar-refractivity contribution in [2.75, 3.05) is 33.2 Å². The Bertz CT molecular complexity index is 1160. The summed E-state index contributed by atoms with van der Waals surface area (Å²) < 4.78 is 29.8. The topological polar surface area (TPSA) is 60.9 Å². The molecule has 0 aliphatic carbocycles. The fourth-order valence-corrected chi connectivity index (χ4v) is 6.99. The van der Waals surface area contributed by atoms with Gasteiger partial charge < -0.3 is 10.0 Å². The van der Waals surface area contributed by atoms with Crippen LogP contribution in [0.5, 0.6) is 5.75 Å². The normalized spacial score (nSPS) is 18.1. The van der Waals surface area contributed by atoms with Crippen molar-refractivity contribution in [3.8, 4) is 5.75 Å². The van der Waals surface area contributed by atoms with Gasteiger partial charge in [-0.05, 0) is 119 Å². The highest BCUT2D eigenvalue weighted by atomic mass is 32.2. The molecule has 6 heteroatoms. The molecule has 1 fully saturated rings. The summed E-state index contributed by atoms with van der Waals surface area (Å²) in [5, 5.41) is 10.7. The van der Waals surface area contributed by atoms with E-state index in [-0.39, 0.29) is 5.75 Å². The quantitative estimate of drug-likeness (QED) is 0.515. The summed E-state index contributed by atoms with van der Waals surface area (Å²) in [7, 11) is -1.58. The number of hydrogen-bond donors (Lipinski definition) is 1. The zero-order valence-corrected chi connectivity index (χ0v) is 23.3. The summed E-state index contributed by atoms with van der Waals surface area (Å²) >= 11 is 0. The molecule has 1 heterocycles. The van der Waals surface area contributed by atoms with E-state index >= 15 is 0 Å². The van der Waals surface area contributed by atoms with Gasteiger partial charge in [0.15, 0.2) is 0 Å². The summed E-state index contributed by atoms with van der Waals surface area (Å²) in [6.45, 7) is 14.3. The molecule has 1 aliphatic rings. The molecular formula is C29H42N2O3S. The molecule has 5 nitrogen and oxygen atoms in total. The summed E-state index contributed by atoms with van der Waals surface area (Å²) in [5.41, 5.74) is 6.30. The highest BCUT2D eigenvalue weighted by Crippen LogP contribution is 2.37. The van der Waals surface area contributed by atoms with Crippen molar-refractivity contribution in [3.05, 3.63) is 68.6 Å². The Labute approximate surface area is 212 Å². The molecule has 35 heavy (non-hydrogen) atoms. The minimum atomic E-state index is -3.69. The third kappa shape index (κ3) is 5.99. The van der Waals surface area contributed by atoms with Gasteiger partial charge in [-0.2, -0.15) is 4.31 Å². The number of sulfonamides is 1. The number of aromatic hydroxyl groups is 1. The largest absolute Gasteiger partial charge is 0.507 e. The van der Waals surface area contributed by atoms with Crippen LogP contribution in [-0.4, -0.2) is 56.0 Å². The fraction of sp³-hybridized carbons (Fsp3) is 0.517. The number of allylic oxidation sites excluding steroid dienone is 2. The molecular weight excluding hydrogens is 456 g/mol. The molecule has 0 spiro atoms. The first kappa shape index (κ1) is 27.4. The van der Waals surface area contributed by atoms with Crippen molar-refractivity contribution in [3.63, 3.8) is 0 Å². The Balaban J connectivity index is 2.01. The predicted octanol–water partition coefficient (Wildman–Crippen LogP) is 5.59. The lowest BCUT2D eigenvalue weighted by atomic mass is 9.89. The number of hydrogen-bond acceptors (Lipinski definition) is 4. The second-order valence-corrected chi connectivity index (χ2v) is 12.4. The Morgan fingerprint density at radius 3 is 2.31 bits per heavy atom. The van der Waals surface area contributed by atoms with Crippen LogP contribution in [0.2, 0.25) is 0 Å². The average molecular weight is 499 g/mol. The highest BCUT2D eigenvalue weighted by molar-refractivity contribution is 7.93. The Morgan fingerprint density at radius 1 is 1.03 bits per heavy atom. The van der Waals surface area contributed by atoms with Gasteiger partial charge in [0, 0.05) is 19.6 Å². The van der Waals surface area contributed by atoms with Gasteiger partial charge in [-0.1, -0.05) is 30.3 Å². The number of benzene rings is 2. The van der Waals surface area contributed by atoms with Gasteiger partial charge in [0.1, 0.15) is 5.75 Å². The zero-order valence-electron chi connectivity index (χ0n) is 22.5. The molecule has 1 unspecified atom stereocenters. The summed E-state index contributed by atoms with van der Waals surface area (Å²) in [6, 6.07) is 10.1. The third-order valence-corrected chi connectivity index (χ3v) is 9.98. The lowest BCUT2D eigenvalue weighted by Gasteiger charge is -2.34. The Morgan fingerprint density at radius 2 is 1.69 bits per heavy atom. The molecule has 2 aromatic carbocycles. The van der Waals surface area contributed by atoms with E-state index in [1.54, 1.807) is 11.2 Å². The fourth-order valence-electron chi connectivity index (χ4n) is 5.37. The second-order valence-electron chi connectivity index (χ2n) is 10.3. The Kier molecular flexibility index (Phi) is 8.84. The lowest BCUT2D eigenvalue weighted by Crippen LogP contribution is -2.42. The first-order chi connectivity index (χ1) is 16.4. The van der Waals surface area contributed by atoms with Gasteiger partial charge in [0.05, 0.1) is 4.91 Å². The average Bonchev–Trinajstić information content (AvgIpc) is 2.84. The van der Waals surface area contributed by atoms with Crippen LogP contribution in [0.1, 0.15) is 60.1 Å². The third-order valence-electron chi connectivity index (χ3n) is 7.89. The van der Waals surface area contributed by atoms with E-state index in [4.69, 9.17) is 0 Å². The van der Waals surface area contributed by atoms with Crippen LogP contribution in [0, 0.1) is 33.6 Å². The number of phenolic OH excluding ortho intramolecular Hbond substituents is 1. The van der Waals surface area contributed by atoms with Crippen LogP contribution >= 0.6 is 0 Å². The van der Waals surface area contributed by atoms with E-state index in [0.29, 0.717) is 35.9 Å². The van der Waals surface area contributed by atoms with Crippen LogP contribution in [0.25, 0.3) is 5.57 Å². The molecule has 1 aliphatic heterocycles. The smallest absolute Gasteiger partial charge is 0.239 e. The van der Waals surface area contributed by atoms with Crippen molar-refractivity contribution < 1.29 is 13.5 Å². The molecule has 0 radical (unpaired) electrons. The highest BCUT2D eigenvalue weighted by Gasteiger charge is 2.30. The summed E-state index contributed by atoms with van der Waals surface area (Å²) in [6.07, 6.45) is 2.83. The van der Waals surface area contributed by atoms with Gasteiger partial charge in [0.2, 0.25) is 10.0 Å². The van der Waals surface area contributed by atoms with Crippen LogP contribution < -0.4 is 0 Å². The molecule has 2 aromatic rings. The summed E-state index contributed by atoms with van der Waals surface area (Å²) in [5.74, 6) is 0.570. The van der Waals surface area contributed by atoms with E-state index < -0.39 is 10.0 Å². The van der Waals surface area contributed by atoms with Gasteiger partial charge in [-0.3, -0.25) is 0 Å². The van der Waals surface area contributed by atoms with E-state index in [9.17, 15) is 13.5 Å². The number of likely N-dealkylation sites (tertiary alicyclic amines) is 1. The van der Waals surface area contributed by atoms with Gasteiger partial charge >= 0.3 is 0 Å². The van der Waals surface area contributed by atoms with E-state index in [0.717, 1.165) is 59.3 Å². The maximum absolute atomic E-state index is 14.1. The molecule has 1 saturated heterocycles. The van der Waals surface area contributed by atoms with Crippen LogP contribution in [-0.2, 0) is 16.4 Å². The van der Waals surface area contributed by atoms with Crippen LogP contribution in [0.3, 0.4) is 0 Å². The van der Waals surface area contributed by atoms with Crippen LogP contribution in [0.4, 0.5) is 0 Å². The van der Waals surface area contributed by atoms with Crippen molar-refractivity contribution >= 4 is 15.6 Å². The summed E-state index contributed by atoms with van der Waals surface area (Å²) in [4.78, 5) is 2.66. The first-order valence-electron chi connectivity index (χ1n) is 12.6. The lowest BCUT2D eigenvalue weighted by molar-refractivity contribution is 0.186. The van der Waals surface area contributed by atoms with Crippen molar-refractivity contribution in [2.24, 2.45) is 5.92 Å². The van der Waals surface area contributed by atoms with Crippen molar-refractivity contribution in [1.29, 1.82) is 0 Å². The number of rotatable bonds is 8. The SMILES string of the molecule is CC(=C(C)S(=O)(=O)N(CCc1ccccc1)CC1CCCN(C)C1)c1c(C)c(C)c(C)c(O)c1C. The molecule has 0 bridgehead atoms. The van der Waals surface area contributed by atoms with E-state index in [2.05, 4.69) is 24.1 Å². The zero-order chi connectivity index (χ0) is 25.9. The monoisotopic (exact) mass is 498 g/mol. The standard InChI is InChI=1S/C29H42N2O3S/c1-20-21(2)28(24(5)29(32)22(20)3)23(4)25(6)35(33,34)31(17-15-26-12-9-8-10-13-26)19-27-14-11-16-30(7)18-27/h8-10,12-13,27,32H,11,14-19H2,1-7H3. The van der Waals surface area contributed by atoms with Crippen molar-refractivity contribution in [1.82, 2.24) is 9.21 Å². The Hall–Kier alpha value is -2.15. The van der Waals surface area contributed by atoms with Gasteiger partial charge in [-0.15, -0.1) is 0 Å². The number of phenols is 1. The number of piperidine rings is 1. The van der Waals surface area contributed by atoms with Gasteiger partial charge in [0.25, 0.3) is 0 Å². The molecule has 3 rings (SSSR count). The second kappa shape index (κ2) is 11.3. The van der Waals surface area contributed by atoms with Crippen molar-refractivity contribution in [2.45, 2.75) is 60.8 Å². The maximum Gasteiger partial charge on any atom is 0.239 e. The first-order valence-corrected chi connectivity index (χ1v) is 14.1.